The van der Waals surface area contributed by atoms with E-state index >= 15 is 0 Å². The molecule has 0 aliphatic carbocycles. The minimum Gasteiger partial charge on any atom is -0.507 e. The second-order valence-corrected chi connectivity index (χ2v) is 4.51. The lowest BCUT2D eigenvalue weighted by molar-refractivity contribution is 0.394. The van der Waals surface area contributed by atoms with Crippen LogP contribution in [0.1, 0.15) is 0 Å². The van der Waals surface area contributed by atoms with Crippen LogP contribution >= 0.6 is 0 Å². The molecule has 1 aromatic heterocycles. The van der Waals surface area contributed by atoms with Gasteiger partial charge in [-0.25, -0.2) is 4.42 Å². The summed E-state index contributed by atoms with van der Waals surface area (Å²) in [4.78, 5) is 0. The van der Waals surface area contributed by atoms with Crippen LogP contribution in [0.2, 0.25) is 0 Å². The average molecular weight is 287 g/mol. The second-order valence-electron chi connectivity index (χ2n) is 4.51. The highest BCUT2D eigenvalue weighted by molar-refractivity contribution is 5.91. The molecule has 0 aliphatic rings. The van der Waals surface area contributed by atoms with Gasteiger partial charge in [0, 0.05) is 18.2 Å². The topological polar surface area (TPSA) is 112 Å². The molecule has 3 aromatic rings. The van der Waals surface area contributed by atoms with E-state index in [0.29, 0.717) is 5.56 Å². The Morgan fingerprint density at radius 1 is 0.667 bits per heavy atom. The first-order valence-electron chi connectivity index (χ1n) is 6.00. The summed E-state index contributed by atoms with van der Waals surface area (Å²) in [7, 11) is 0. The molecule has 6 heteroatoms. The van der Waals surface area contributed by atoms with Crippen LogP contribution in [-0.2, 0) is 0 Å². The van der Waals surface area contributed by atoms with E-state index in [1.165, 1.54) is 30.3 Å². The van der Waals surface area contributed by atoms with Gasteiger partial charge in [-0.15, -0.1) is 0 Å². The third-order valence-electron chi connectivity index (χ3n) is 3.13. The molecule has 0 atom stereocenters. The molecular formula is C15H11O6+. The summed E-state index contributed by atoms with van der Waals surface area (Å²) >= 11 is 0. The van der Waals surface area contributed by atoms with Gasteiger partial charge in [-0.2, -0.15) is 0 Å². The number of phenolic OH excluding ortho intramolecular Hbond substituents is 5. The van der Waals surface area contributed by atoms with Gasteiger partial charge < -0.3 is 25.5 Å². The van der Waals surface area contributed by atoms with Crippen LogP contribution in [0, 0.1) is 0 Å². The number of hydrogen-bond acceptors (Lipinski definition) is 5. The number of aromatic hydroxyl groups is 5. The summed E-state index contributed by atoms with van der Waals surface area (Å²) in [5, 5.41) is 48.0. The average Bonchev–Trinajstić information content (AvgIpc) is 2.47. The van der Waals surface area contributed by atoms with Crippen LogP contribution < -0.4 is 0 Å². The summed E-state index contributed by atoms with van der Waals surface area (Å²) in [6, 6.07) is 8.15. The minimum absolute atomic E-state index is 0.0856. The molecule has 6 nitrogen and oxygen atoms in total. The maximum atomic E-state index is 9.81. The number of hydrogen-bond donors (Lipinski definition) is 5. The fourth-order valence-electron chi connectivity index (χ4n) is 2.04. The van der Waals surface area contributed by atoms with Crippen molar-refractivity contribution < 1.29 is 29.9 Å². The molecule has 3 rings (SSSR count). The normalized spacial score (nSPS) is 10.9. The molecule has 0 saturated heterocycles. The van der Waals surface area contributed by atoms with E-state index in [-0.39, 0.29) is 34.0 Å². The van der Waals surface area contributed by atoms with E-state index in [1.807, 2.05) is 0 Å². The number of phenols is 5. The predicted octanol–water partition coefficient (Wildman–Crippen LogP) is 2.91. The Hall–Kier alpha value is -3.15. The van der Waals surface area contributed by atoms with E-state index in [9.17, 15) is 25.5 Å². The standard InChI is InChI=1S/C15H10O6/c16-9-3-1-7(5-11(9)18)13-4-2-8-10(17)6-12(19)14(20)15(8)21-13/h1-6H,(H4-,16,17,18,19,20)/p+1. The molecule has 0 aliphatic heterocycles. The van der Waals surface area contributed by atoms with Crippen molar-refractivity contribution in [2.45, 2.75) is 0 Å². The Labute approximate surface area is 118 Å². The third kappa shape index (κ3) is 2.02. The molecular weight excluding hydrogens is 276 g/mol. The van der Waals surface area contributed by atoms with Gasteiger partial charge in [0.2, 0.25) is 0 Å². The van der Waals surface area contributed by atoms with Crippen LogP contribution in [0.15, 0.2) is 40.8 Å². The van der Waals surface area contributed by atoms with Crippen LogP contribution in [-0.4, -0.2) is 25.5 Å². The lowest BCUT2D eigenvalue weighted by atomic mass is 10.1. The Bertz CT molecular complexity index is 856. The van der Waals surface area contributed by atoms with Crippen molar-refractivity contribution in [3.63, 3.8) is 0 Å². The molecule has 0 unspecified atom stereocenters. The maximum absolute atomic E-state index is 9.81. The van der Waals surface area contributed by atoms with Crippen molar-refractivity contribution in [2.24, 2.45) is 0 Å². The Balaban J connectivity index is 2.25. The summed E-state index contributed by atoms with van der Waals surface area (Å²) < 4.78 is 5.47. The summed E-state index contributed by atoms with van der Waals surface area (Å²) in [6.45, 7) is 0. The van der Waals surface area contributed by atoms with E-state index in [4.69, 9.17) is 4.42 Å². The molecule has 0 bridgehead atoms. The monoisotopic (exact) mass is 287 g/mol. The van der Waals surface area contributed by atoms with Crippen molar-refractivity contribution in [3.05, 3.63) is 36.4 Å². The molecule has 21 heavy (non-hydrogen) atoms. The highest BCUT2D eigenvalue weighted by atomic mass is 16.4. The minimum atomic E-state index is -0.505. The van der Waals surface area contributed by atoms with Gasteiger partial charge in [-0.05, 0) is 18.2 Å². The van der Waals surface area contributed by atoms with Gasteiger partial charge in [-0.3, -0.25) is 0 Å². The molecule has 0 fully saturated rings. The fourth-order valence-corrected chi connectivity index (χ4v) is 2.04. The number of benzene rings is 2. The molecule has 5 N–H and O–H groups in total. The van der Waals surface area contributed by atoms with E-state index < -0.39 is 11.5 Å². The zero-order valence-electron chi connectivity index (χ0n) is 10.6. The molecule has 2 aromatic carbocycles. The molecule has 106 valence electrons. The third-order valence-corrected chi connectivity index (χ3v) is 3.13. The van der Waals surface area contributed by atoms with Crippen LogP contribution in [0.3, 0.4) is 0 Å². The highest BCUT2D eigenvalue weighted by Crippen LogP contribution is 2.41. The molecule has 0 amide bonds. The fraction of sp³-hybridized carbons (Fsp3) is 0. The maximum Gasteiger partial charge on any atom is 0.409 e. The van der Waals surface area contributed by atoms with E-state index in [2.05, 4.69) is 0 Å². The van der Waals surface area contributed by atoms with Crippen molar-refractivity contribution in [1.82, 2.24) is 0 Å². The lowest BCUT2D eigenvalue weighted by Crippen LogP contribution is -1.82. The van der Waals surface area contributed by atoms with Crippen molar-refractivity contribution in [1.29, 1.82) is 0 Å². The Morgan fingerprint density at radius 3 is 2.14 bits per heavy atom. The van der Waals surface area contributed by atoms with Gasteiger partial charge >= 0.3 is 11.3 Å². The number of rotatable bonds is 1. The largest absolute Gasteiger partial charge is 0.507 e. The van der Waals surface area contributed by atoms with Crippen molar-refractivity contribution in [3.8, 4) is 40.1 Å². The molecule has 0 radical (unpaired) electrons. The summed E-state index contributed by atoms with van der Waals surface area (Å²) in [6.07, 6.45) is 0. The van der Waals surface area contributed by atoms with Crippen LogP contribution in [0.25, 0.3) is 22.3 Å². The van der Waals surface area contributed by atoms with Crippen molar-refractivity contribution in [2.75, 3.05) is 0 Å². The molecule has 0 saturated carbocycles. The van der Waals surface area contributed by atoms with Crippen LogP contribution in [0.4, 0.5) is 0 Å². The first-order chi connectivity index (χ1) is 9.97. The first-order valence-corrected chi connectivity index (χ1v) is 6.00. The highest BCUT2D eigenvalue weighted by Gasteiger charge is 2.24. The molecule has 0 spiro atoms. The van der Waals surface area contributed by atoms with E-state index in [1.54, 1.807) is 0 Å². The predicted molar refractivity (Wildman–Crippen MR) is 74.4 cm³/mol. The van der Waals surface area contributed by atoms with Gasteiger partial charge in [0.05, 0.1) is 5.56 Å². The lowest BCUT2D eigenvalue weighted by Gasteiger charge is -2.00. The first kappa shape index (κ1) is 12.9. The Morgan fingerprint density at radius 2 is 1.43 bits per heavy atom. The van der Waals surface area contributed by atoms with E-state index in [0.717, 1.165) is 6.07 Å². The zero-order chi connectivity index (χ0) is 15.1. The smallest absolute Gasteiger partial charge is 0.409 e. The van der Waals surface area contributed by atoms with Gasteiger partial charge in [0.15, 0.2) is 17.2 Å². The quantitative estimate of drug-likeness (QED) is 0.267. The number of fused-ring (bicyclic) bond motifs is 1. The van der Waals surface area contributed by atoms with Gasteiger partial charge in [0.1, 0.15) is 11.1 Å². The summed E-state index contributed by atoms with van der Waals surface area (Å²) in [5.74, 6) is -1.53. The SMILES string of the molecule is Oc1ccc(-c2ccc3c(O)cc(O)c(O)c3[o+]2)cc1O. The van der Waals surface area contributed by atoms with Crippen LogP contribution in [0.5, 0.6) is 28.7 Å². The Kier molecular flexibility index (Phi) is 2.72. The summed E-state index contributed by atoms with van der Waals surface area (Å²) in [5.41, 5.74) is 0.368. The zero-order valence-corrected chi connectivity index (χ0v) is 10.6. The van der Waals surface area contributed by atoms with Gasteiger partial charge in [-0.1, -0.05) is 0 Å². The molecule has 1 heterocycles. The van der Waals surface area contributed by atoms with Gasteiger partial charge in [0.25, 0.3) is 5.75 Å². The van der Waals surface area contributed by atoms with Crippen molar-refractivity contribution >= 4 is 11.0 Å². The second kappa shape index (κ2) is 4.45.